The van der Waals surface area contributed by atoms with Crippen molar-refractivity contribution in [1.82, 2.24) is 15.3 Å². The van der Waals surface area contributed by atoms with Crippen LogP contribution in [0.3, 0.4) is 0 Å². The van der Waals surface area contributed by atoms with Crippen molar-refractivity contribution in [2.45, 2.75) is 52.1 Å². The van der Waals surface area contributed by atoms with Crippen LogP contribution in [0.25, 0.3) is 0 Å². The summed E-state index contributed by atoms with van der Waals surface area (Å²) in [4.78, 5) is 7.83. The van der Waals surface area contributed by atoms with Gasteiger partial charge in [-0.15, -0.1) is 0 Å². The van der Waals surface area contributed by atoms with Crippen LogP contribution in [0, 0.1) is 19.3 Å². The minimum absolute atomic E-state index is 0.0550. The second-order valence-corrected chi connectivity index (χ2v) is 6.85. The smallest absolute Gasteiger partial charge is 0.103 e. The molecule has 1 heterocycles. The van der Waals surface area contributed by atoms with Gasteiger partial charge >= 0.3 is 0 Å². The molecule has 124 valence electrons. The maximum Gasteiger partial charge on any atom is 0.103 e. The van der Waals surface area contributed by atoms with Crippen LogP contribution in [0.4, 0.5) is 0 Å². The first kappa shape index (κ1) is 16.2. The van der Waals surface area contributed by atoms with Crippen LogP contribution in [0.2, 0.25) is 0 Å². The van der Waals surface area contributed by atoms with Gasteiger partial charge in [0.15, 0.2) is 0 Å². The number of aryl methyl sites for hydroxylation is 2. The molecule has 0 spiro atoms. The molecular formula is C19H27N3O. The average Bonchev–Trinajstić information content (AvgIpc) is 3.16. The first-order valence-corrected chi connectivity index (χ1v) is 8.56. The summed E-state index contributed by atoms with van der Waals surface area (Å²) < 4.78 is 0. The molecule has 4 heteroatoms. The highest BCUT2D eigenvalue weighted by Crippen LogP contribution is 2.47. The van der Waals surface area contributed by atoms with Gasteiger partial charge in [-0.3, -0.25) is 0 Å². The Bertz CT molecular complexity index is 629. The number of hydrogen-bond acceptors (Lipinski definition) is 3. The number of aromatic nitrogens is 2. The molecule has 2 aromatic rings. The van der Waals surface area contributed by atoms with Crippen molar-refractivity contribution in [2.24, 2.45) is 5.41 Å². The summed E-state index contributed by atoms with van der Waals surface area (Å²) in [7, 11) is 0. The van der Waals surface area contributed by atoms with E-state index in [-0.39, 0.29) is 18.1 Å². The zero-order chi connectivity index (χ0) is 16.3. The van der Waals surface area contributed by atoms with Gasteiger partial charge in [0.2, 0.25) is 0 Å². The molecule has 3 rings (SSSR count). The standard InChI is InChI=1S/C19H27N3O/c1-14-17(22-15(2)21-14)12-20-18(16-8-4-3-5-9-16)19(13-23)10-6-7-11-19/h3-5,8-9,18,20,23H,6-7,10-13H2,1-2H3,(H,21,22). The van der Waals surface area contributed by atoms with Gasteiger partial charge in [-0.25, -0.2) is 4.98 Å². The third-order valence-corrected chi connectivity index (χ3v) is 5.24. The molecule has 1 aromatic heterocycles. The Labute approximate surface area is 138 Å². The Morgan fingerprint density at radius 2 is 1.91 bits per heavy atom. The number of aliphatic hydroxyl groups excluding tert-OH is 1. The lowest BCUT2D eigenvalue weighted by molar-refractivity contribution is 0.0849. The van der Waals surface area contributed by atoms with Crippen LogP contribution in [0.5, 0.6) is 0 Å². The van der Waals surface area contributed by atoms with Crippen LogP contribution in [-0.2, 0) is 6.54 Å². The second kappa shape index (κ2) is 6.85. The van der Waals surface area contributed by atoms with Crippen LogP contribution in [0.15, 0.2) is 30.3 Å². The number of nitrogens with one attached hydrogen (secondary N) is 2. The monoisotopic (exact) mass is 313 g/mol. The number of imidazole rings is 1. The zero-order valence-electron chi connectivity index (χ0n) is 14.1. The van der Waals surface area contributed by atoms with E-state index in [2.05, 4.69) is 46.5 Å². The second-order valence-electron chi connectivity index (χ2n) is 6.85. The number of H-pyrrole nitrogens is 1. The van der Waals surface area contributed by atoms with E-state index in [1.165, 1.54) is 18.4 Å². The lowest BCUT2D eigenvalue weighted by Gasteiger charge is -2.37. The molecule has 0 bridgehead atoms. The first-order chi connectivity index (χ1) is 11.1. The molecule has 1 aromatic carbocycles. The van der Waals surface area contributed by atoms with Gasteiger partial charge in [0, 0.05) is 23.7 Å². The number of nitrogens with zero attached hydrogens (tertiary/aromatic N) is 1. The quantitative estimate of drug-likeness (QED) is 0.766. The fourth-order valence-corrected chi connectivity index (χ4v) is 3.98. The van der Waals surface area contributed by atoms with Gasteiger partial charge in [-0.2, -0.15) is 0 Å². The highest BCUT2D eigenvalue weighted by atomic mass is 16.3. The van der Waals surface area contributed by atoms with Gasteiger partial charge < -0.3 is 15.4 Å². The van der Waals surface area contributed by atoms with Gasteiger partial charge in [0.1, 0.15) is 5.82 Å². The molecule has 1 fully saturated rings. The Kier molecular flexibility index (Phi) is 4.83. The number of hydrogen-bond donors (Lipinski definition) is 3. The van der Waals surface area contributed by atoms with Crippen molar-refractivity contribution < 1.29 is 5.11 Å². The van der Waals surface area contributed by atoms with Gasteiger partial charge in [0.25, 0.3) is 0 Å². The number of aliphatic hydroxyl groups is 1. The molecule has 0 radical (unpaired) electrons. The summed E-state index contributed by atoms with van der Waals surface area (Å²) in [6, 6.07) is 10.7. The van der Waals surface area contributed by atoms with Crippen molar-refractivity contribution >= 4 is 0 Å². The topological polar surface area (TPSA) is 60.9 Å². The van der Waals surface area contributed by atoms with Crippen molar-refractivity contribution in [3.63, 3.8) is 0 Å². The van der Waals surface area contributed by atoms with E-state index in [0.717, 1.165) is 36.6 Å². The van der Waals surface area contributed by atoms with E-state index in [0.29, 0.717) is 0 Å². The van der Waals surface area contributed by atoms with E-state index in [9.17, 15) is 5.11 Å². The predicted octanol–water partition coefficient (Wildman–Crippen LogP) is 3.41. The molecule has 1 saturated carbocycles. The SMILES string of the molecule is Cc1nc(CNC(c2ccccc2)C2(CO)CCCC2)c(C)[nH]1. The van der Waals surface area contributed by atoms with Crippen molar-refractivity contribution in [2.75, 3.05) is 6.61 Å². The molecule has 4 nitrogen and oxygen atoms in total. The number of benzene rings is 1. The fraction of sp³-hybridized carbons (Fsp3) is 0.526. The van der Waals surface area contributed by atoms with Crippen LogP contribution in [-0.4, -0.2) is 21.7 Å². The van der Waals surface area contributed by atoms with E-state index in [1.807, 2.05) is 13.0 Å². The molecule has 1 unspecified atom stereocenters. The summed E-state index contributed by atoms with van der Waals surface area (Å²) in [5.74, 6) is 0.952. The van der Waals surface area contributed by atoms with E-state index >= 15 is 0 Å². The highest BCUT2D eigenvalue weighted by molar-refractivity contribution is 5.23. The van der Waals surface area contributed by atoms with Crippen LogP contribution < -0.4 is 5.32 Å². The number of rotatable bonds is 6. The van der Waals surface area contributed by atoms with E-state index in [4.69, 9.17) is 0 Å². The molecule has 1 aliphatic rings. The largest absolute Gasteiger partial charge is 0.396 e. The van der Waals surface area contributed by atoms with Gasteiger partial charge in [-0.1, -0.05) is 43.2 Å². The van der Waals surface area contributed by atoms with Gasteiger partial charge in [-0.05, 0) is 32.3 Å². The van der Waals surface area contributed by atoms with Crippen LogP contribution >= 0.6 is 0 Å². The predicted molar refractivity (Wildman–Crippen MR) is 92.1 cm³/mol. The minimum Gasteiger partial charge on any atom is -0.396 e. The van der Waals surface area contributed by atoms with Crippen molar-refractivity contribution in [3.8, 4) is 0 Å². The Balaban J connectivity index is 1.85. The zero-order valence-corrected chi connectivity index (χ0v) is 14.1. The third kappa shape index (κ3) is 3.33. The lowest BCUT2D eigenvalue weighted by atomic mass is 9.76. The van der Waals surface area contributed by atoms with E-state index < -0.39 is 0 Å². The molecule has 0 aliphatic heterocycles. The average molecular weight is 313 g/mol. The maximum atomic E-state index is 10.1. The summed E-state index contributed by atoms with van der Waals surface area (Å²) in [6.45, 7) is 5.00. The minimum atomic E-state index is -0.0550. The summed E-state index contributed by atoms with van der Waals surface area (Å²) in [5.41, 5.74) is 3.38. The molecular weight excluding hydrogens is 286 g/mol. The molecule has 0 saturated heterocycles. The van der Waals surface area contributed by atoms with Crippen molar-refractivity contribution in [1.29, 1.82) is 0 Å². The lowest BCUT2D eigenvalue weighted by Crippen LogP contribution is -2.39. The molecule has 1 aliphatic carbocycles. The highest BCUT2D eigenvalue weighted by Gasteiger charge is 2.41. The summed E-state index contributed by atoms with van der Waals surface area (Å²) in [5, 5.41) is 13.8. The summed E-state index contributed by atoms with van der Waals surface area (Å²) >= 11 is 0. The molecule has 1 atom stereocenters. The summed E-state index contributed by atoms with van der Waals surface area (Å²) in [6.07, 6.45) is 4.56. The van der Waals surface area contributed by atoms with Gasteiger partial charge in [0.05, 0.1) is 12.3 Å². The normalized spacial score (nSPS) is 18.2. The molecule has 0 amide bonds. The first-order valence-electron chi connectivity index (χ1n) is 8.56. The van der Waals surface area contributed by atoms with Crippen molar-refractivity contribution in [3.05, 3.63) is 53.1 Å². The number of aromatic amines is 1. The Morgan fingerprint density at radius 1 is 1.22 bits per heavy atom. The van der Waals surface area contributed by atoms with Crippen LogP contribution in [0.1, 0.15) is 54.5 Å². The van der Waals surface area contributed by atoms with E-state index in [1.54, 1.807) is 0 Å². The Morgan fingerprint density at radius 3 is 2.48 bits per heavy atom. The maximum absolute atomic E-state index is 10.1. The molecule has 3 N–H and O–H groups in total. The molecule has 23 heavy (non-hydrogen) atoms. The fourth-order valence-electron chi connectivity index (χ4n) is 3.98. The third-order valence-electron chi connectivity index (χ3n) is 5.24. The Hall–Kier alpha value is -1.65.